The number of likely N-dealkylation sites (N-methyl/N-ethyl adjacent to an activating group) is 1. The number of fused-ring (bicyclic) bond motifs is 2. The Bertz CT molecular complexity index is 1150. The number of pyridine rings is 1. The molecule has 5 rings (SSSR count). The second kappa shape index (κ2) is 8.58. The molecule has 2 aliphatic rings. The van der Waals surface area contributed by atoms with E-state index in [4.69, 9.17) is 19.2 Å². The minimum atomic E-state index is -0.225. The lowest BCUT2D eigenvalue weighted by atomic mass is 10.1. The summed E-state index contributed by atoms with van der Waals surface area (Å²) in [5.74, 6) is 1.26. The molecule has 3 aromatic rings. The lowest BCUT2D eigenvalue weighted by molar-refractivity contribution is -0.137. The van der Waals surface area contributed by atoms with Gasteiger partial charge in [0.15, 0.2) is 5.52 Å². The Kier molecular flexibility index (Phi) is 5.48. The monoisotopic (exact) mass is 435 g/mol. The van der Waals surface area contributed by atoms with Gasteiger partial charge in [0, 0.05) is 38.5 Å². The van der Waals surface area contributed by atoms with Crippen molar-refractivity contribution < 1.29 is 19.0 Å². The maximum absolute atomic E-state index is 11.7. The van der Waals surface area contributed by atoms with E-state index in [0.717, 1.165) is 29.2 Å². The van der Waals surface area contributed by atoms with Gasteiger partial charge in [-0.25, -0.2) is 9.97 Å². The zero-order valence-electron chi connectivity index (χ0n) is 18.2. The van der Waals surface area contributed by atoms with Crippen molar-refractivity contribution in [2.75, 3.05) is 51.4 Å². The molecule has 0 radical (unpaired) electrons. The molecule has 0 N–H and O–H groups in total. The molecule has 1 fully saturated rings. The van der Waals surface area contributed by atoms with Gasteiger partial charge in [0.05, 0.1) is 36.6 Å². The van der Waals surface area contributed by atoms with Crippen molar-refractivity contribution in [1.82, 2.24) is 19.9 Å². The SMILES string of the molecule is CC(=O)N1CCO[C@H](COc2nc(-c3ccc4c(c3)OCCN4C)cc3nccnc23)C1. The van der Waals surface area contributed by atoms with Crippen molar-refractivity contribution in [3.8, 4) is 22.9 Å². The van der Waals surface area contributed by atoms with Gasteiger partial charge in [-0.05, 0) is 18.2 Å². The first kappa shape index (κ1) is 20.4. The lowest BCUT2D eigenvalue weighted by Gasteiger charge is -2.32. The minimum Gasteiger partial charge on any atom is -0.490 e. The largest absolute Gasteiger partial charge is 0.490 e. The molecular formula is C23H25N5O4. The number of hydrogen-bond acceptors (Lipinski definition) is 8. The number of carbonyl (C=O) groups excluding carboxylic acids is 1. The van der Waals surface area contributed by atoms with Crippen molar-refractivity contribution in [1.29, 1.82) is 0 Å². The number of carbonyl (C=O) groups is 1. The van der Waals surface area contributed by atoms with Crippen LogP contribution in [0.3, 0.4) is 0 Å². The summed E-state index contributed by atoms with van der Waals surface area (Å²) in [6, 6.07) is 7.96. The maximum Gasteiger partial charge on any atom is 0.242 e. The zero-order valence-corrected chi connectivity index (χ0v) is 18.2. The lowest BCUT2D eigenvalue weighted by Crippen LogP contribution is -2.46. The summed E-state index contributed by atoms with van der Waals surface area (Å²) in [6.07, 6.45) is 3.04. The average Bonchev–Trinajstić information content (AvgIpc) is 2.82. The van der Waals surface area contributed by atoms with Crippen molar-refractivity contribution in [3.63, 3.8) is 0 Å². The molecule has 32 heavy (non-hydrogen) atoms. The highest BCUT2D eigenvalue weighted by Crippen LogP contribution is 2.36. The highest BCUT2D eigenvalue weighted by atomic mass is 16.5. The molecule has 0 bridgehead atoms. The van der Waals surface area contributed by atoms with Gasteiger partial charge in [-0.3, -0.25) is 9.78 Å². The maximum atomic E-state index is 11.7. The Morgan fingerprint density at radius 3 is 2.94 bits per heavy atom. The van der Waals surface area contributed by atoms with Crippen molar-refractivity contribution in [2.45, 2.75) is 13.0 Å². The fourth-order valence-electron chi connectivity index (χ4n) is 3.99. The van der Waals surface area contributed by atoms with Crippen molar-refractivity contribution >= 4 is 22.6 Å². The fraction of sp³-hybridized carbons (Fsp3) is 0.391. The third-order valence-electron chi connectivity index (χ3n) is 5.77. The normalized spacial score (nSPS) is 18.2. The fourth-order valence-corrected chi connectivity index (χ4v) is 3.99. The van der Waals surface area contributed by atoms with Crippen LogP contribution in [0, 0.1) is 0 Å². The van der Waals surface area contributed by atoms with E-state index in [0.29, 0.717) is 43.2 Å². The number of amides is 1. The Balaban J connectivity index is 1.44. The van der Waals surface area contributed by atoms with Crippen LogP contribution in [0.2, 0.25) is 0 Å². The number of morpholine rings is 1. The molecule has 0 unspecified atom stereocenters. The first-order valence-corrected chi connectivity index (χ1v) is 10.7. The minimum absolute atomic E-state index is 0.0370. The van der Waals surface area contributed by atoms with E-state index in [1.165, 1.54) is 0 Å². The van der Waals surface area contributed by atoms with Crippen LogP contribution in [0.25, 0.3) is 22.3 Å². The standard InChI is InChI=1S/C23H25N5O4/c1-15(29)28-8-10-30-17(13-28)14-32-23-22-19(24-5-6-25-22)12-18(26-23)16-3-4-20-21(11-16)31-9-7-27(20)2/h3-6,11-12,17H,7-10,13-14H2,1-2H3/t17-/m0/s1. The van der Waals surface area contributed by atoms with Gasteiger partial charge in [-0.2, -0.15) is 0 Å². The molecule has 0 aliphatic carbocycles. The Morgan fingerprint density at radius 2 is 2.06 bits per heavy atom. The van der Waals surface area contributed by atoms with Crippen LogP contribution in [-0.4, -0.2) is 78.4 Å². The molecular weight excluding hydrogens is 410 g/mol. The summed E-state index contributed by atoms with van der Waals surface area (Å²) in [5, 5.41) is 0. The van der Waals surface area contributed by atoms with Gasteiger partial charge in [-0.15, -0.1) is 0 Å². The number of ether oxygens (including phenoxy) is 3. The second-order valence-corrected chi connectivity index (χ2v) is 7.96. The van der Waals surface area contributed by atoms with Gasteiger partial charge in [0.1, 0.15) is 25.1 Å². The summed E-state index contributed by atoms with van der Waals surface area (Å²) in [4.78, 5) is 29.3. The van der Waals surface area contributed by atoms with Crippen molar-refractivity contribution in [2.24, 2.45) is 0 Å². The number of hydrogen-bond donors (Lipinski definition) is 0. The molecule has 1 atom stereocenters. The summed E-state index contributed by atoms with van der Waals surface area (Å²) < 4.78 is 17.7. The van der Waals surface area contributed by atoms with Gasteiger partial charge in [-0.1, -0.05) is 6.07 Å². The first-order valence-electron chi connectivity index (χ1n) is 10.7. The van der Waals surface area contributed by atoms with E-state index in [-0.39, 0.29) is 18.6 Å². The van der Waals surface area contributed by atoms with Crippen LogP contribution in [0.5, 0.6) is 11.6 Å². The number of benzene rings is 1. The third kappa shape index (κ3) is 4.03. The summed E-state index contributed by atoms with van der Waals surface area (Å²) >= 11 is 0. The summed E-state index contributed by atoms with van der Waals surface area (Å²) in [7, 11) is 2.05. The third-order valence-corrected chi connectivity index (χ3v) is 5.77. The molecule has 2 aliphatic heterocycles. The van der Waals surface area contributed by atoms with Gasteiger partial charge in [0.25, 0.3) is 0 Å². The van der Waals surface area contributed by atoms with Crippen LogP contribution in [0.1, 0.15) is 6.92 Å². The van der Waals surface area contributed by atoms with E-state index in [9.17, 15) is 4.79 Å². The van der Waals surface area contributed by atoms with E-state index >= 15 is 0 Å². The summed E-state index contributed by atoms with van der Waals surface area (Å²) in [5.41, 5.74) is 3.97. The predicted octanol–water partition coefficient (Wildman–Crippen LogP) is 2.15. The molecule has 1 saturated heterocycles. The quantitative estimate of drug-likeness (QED) is 0.616. The molecule has 9 nitrogen and oxygen atoms in total. The Labute approximate surface area is 185 Å². The molecule has 9 heteroatoms. The van der Waals surface area contributed by atoms with E-state index in [2.05, 4.69) is 21.9 Å². The van der Waals surface area contributed by atoms with Crippen LogP contribution in [0.4, 0.5) is 5.69 Å². The van der Waals surface area contributed by atoms with Crippen LogP contribution in [-0.2, 0) is 9.53 Å². The zero-order chi connectivity index (χ0) is 22.1. The second-order valence-electron chi connectivity index (χ2n) is 7.96. The number of aromatic nitrogens is 3. The van der Waals surface area contributed by atoms with Crippen molar-refractivity contribution in [3.05, 3.63) is 36.7 Å². The topological polar surface area (TPSA) is 89.9 Å². The first-order chi connectivity index (χ1) is 15.6. The Morgan fingerprint density at radius 1 is 1.19 bits per heavy atom. The average molecular weight is 435 g/mol. The van der Waals surface area contributed by atoms with E-state index < -0.39 is 0 Å². The number of anilines is 1. The molecule has 0 spiro atoms. The smallest absolute Gasteiger partial charge is 0.242 e. The van der Waals surface area contributed by atoms with Crippen LogP contribution in [0.15, 0.2) is 36.7 Å². The van der Waals surface area contributed by atoms with Gasteiger partial charge in [0.2, 0.25) is 11.8 Å². The number of nitrogens with zero attached hydrogens (tertiary/aromatic N) is 5. The molecule has 0 saturated carbocycles. The predicted molar refractivity (Wildman–Crippen MR) is 119 cm³/mol. The van der Waals surface area contributed by atoms with Gasteiger partial charge >= 0.3 is 0 Å². The van der Waals surface area contributed by atoms with E-state index in [1.54, 1.807) is 24.2 Å². The highest BCUT2D eigenvalue weighted by molar-refractivity contribution is 5.84. The molecule has 1 aromatic carbocycles. The molecule has 4 heterocycles. The number of rotatable bonds is 4. The molecule has 166 valence electrons. The molecule has 2 aromatic heterocycles. The summed E-state index contributed by atoms with van der Waals surface area (Å²) in [6.45, 7) is 4.93. The van der Waals surface area contributed by atoms with Crippen LogP contribution < -0.4 is 14.4 Å². The van der Waals surface area contributed by atoms with Gasteiger partial charge < -0.3 is 24.0 Å². The van der Waals surface area contributed by atoms with E-state index in [1.807, 2.05) is 24.3 Å². The highest BCUT2D eigenvalue weighted by Gasteiger charge is 2.24. The van der Waals surface area contributed by atoms with Crippen LogP contribution >= 0.6 is 0 Å². The Hall–Kier alpha value is -3.46. The molecule has 1 amide bonds.